The predicted molar refractivity (Wildman–Crippen MR) is 115 cm³/mol. The Labute approximate surface area is 178 Å². The number of carbonyl (C=O) groups is 1. The number of aryl methyl sites for hydroxylation is 1. The first-order valence-electron chi connectivity index (χ1n) is 10.1. The molecule has 4 heterocycles. The summed E-state index contributed by atoms with van der Waals surface area (Å²) in [5, 5.41) is 4.47. The van der Waals surface area contributed by atoms with E-state index < -0.39 is 0 Å². The average Bonchev–Trinajstić information content (AvgIpc) is 3.23. The van der Waals surface area contributed by atoms with Crippen molar-refractivity contribution in [3.05, 3.63) is 78.4 Å². The molecule has 1 fully saturated rings. The normalized spacial score (nSPS) is 14.3. The van der Waals surface area contributed by atoms with E-state index in [0.29, 0.717) is 31.9 Å². The van der Waals surface area contributed by atoms with Crippen molar-refractivity contribution >= 4 is 17.1 Å². The number of pyridine rings is 1. The predicted octanol–water partition coefficient (Wildman–Crippen LogP) is 3.20. The van der Waals surface area contributed by atoms with Crippen molar-refractivity contribution in [2.45, 2.75) is 6.92 Å². The van der Waals surface area contributed by atoms with E-state index in [1.165, 1.54) is 18.3 Å². The van der Waals surface area contributed by atoms with Gasteiger partial charge in [-0.25, -0.2) is 13.9 Å². The molecule has 156 valence electrons. The van der Waals surface area contributed by atoms with Crippen molar-refractivity contribution in [1.29, 1.82) is 0 Å². The minimum Gasteiger partial charge on any atom is -0.365 e. The number of halogens is 1. The average molecular weight is 416 g/mol. The largest absolute Gasteiger partial charge is 0.365 e. The summed E-state index contributed by atoms with van der Waals surface area (Å²) >= 11 is 0. The maximum absolute atomic E-state index is 13.3. The molecule has 7 nitrogen and oxygen atoms in total. The van der Waals surface area contributed by atoms with Crippen LogP contribution >= 0.6 is 0 Å². The highest BCUT2D eigenvalue weighted by atomic mass is 19.1. The Morgan fingerprint density at radius 3 is 2.42 bits per heavy atom. The van der Waals surface area contributed by atoms with E-state index in [4.69, 9.17) is 0 Å². The lowest BCUT2D eigenvalue weighted by molar-refractivity contribution is 0.0740. The van der Waals surface area contributed by atoms with Gasteiger partial charge in [0.2, 0.25) is 0 Å². The number of hydrogen-bond acceptors (Lipinski definition) is 5. The third-order valence-corrected chi connectivity index (χ3v) is 5.59. The van der Waals surface area contributed by atoms with Gasteiger partial charge in [0.25, 0.3) is 5.91 Å². The lowest BCUT2D eigenvalue weighted by atomic mass is 10.1. The molecule has 1 saturated heterocycles. The highest BCUT2D eigenvalue weighted by molar-refractivity contribution is 5.92. The Kier molecular flexibility index (Phi) is 4.82. The van der Waals surface area contributed by atoms with Crippen LogP contribution in [0.25, 0.3) is 16.6 Å². The first-order chi connectivity index (χ1) is 15.1. The van der Waals surface area contributed by atoms with Crippen molar-refractivity contribution in [3.63, 3.8) is 0 Å². The quantitative estimate of drug-likeness (QED) is 0.513. The molecule has 1 amide bonds. The third-order valence-electron chi connectivity index (χ3n) is 5.59. The van der Waals surface area contributed by atoms with E-state index in [-0.39, 0.29) is 11.7 Å². The Balaban J connectivity index is 1.34. The van der Waals surface area contributed by atoms with Crippen LogP contribution in [0.1, 0.15) is 16.2 Å². The lowest BCUT2D eigenvalue weighted by Crippen LogP contribution is -2.49. The van der Waals surface area contributed by atoms with Gasteiger partial charge in [0.1, 0.15) is 11.5 Å². The lowest BCUT2D eigenvalue weighted by Gasteiger charge is -2.35. The summed E-state index contributed by atoms with van der Waals surface area (Å²) in [6, 6.07) is 10.5. The van der Waals surface area contributed by atoms with E-state index in [9.17, 15) is 9.18 Å². The van der Waals surface area contributed by atoms with Gasteiger partial charge < -0.3 is 9.80 Å². The van der Waals surface area contributed by atoms with Crippen LogP contribution in [0, 0.1) is 12.7 Å². The molecular weight excluding hydrogens is 395 g/mol. The number of carbonyl (C=O) groups excluding carboxylic acids is 1. The van der Waals surface area contributed by atoms with Crippen molar-refractivity contribution in [1.82, 2.24) is 24.5 Å². The number of nitrogens with zero attached hydrogens (tertiary/aromatic N) is 6. The Morgan fingerprint density at radius 1 is 0.935 bits per heavy atom. The molecule has 5 rings (SSSR count). The summed E-state index contributed by atoms with van der Waals surface area (Å²) in [4.78, 5) is 25.1. The smallest absolute Gasteiger partial charge is 0.274 e. The van der Waals surface area contributed by atoms with Crippen LogP contribution in [-0.4, -0.2) is 56.6 Å². The number of rotatable bonds is 3. The van der Waals surface area contributed by atoms with Gasteiger partial charge >= 0.3 is 0 Å². The summed E-state index contributed by atoms with van der Waals surface area (Å²) < 4.78 is 15.1. The van der Waals surface area contributed by atoms with Gasteiger partial charge in [0, 0.05) is 38.6 Å². The standard InChI is InChI=1S/C23H21FN6O/c1-16-13-26-20(14-25-16)23(31)29-10-8-28(9-11-29)22-15-27-30-7-6-18(12-21(22)30)17-2-4-19(24)5-3-17/h2-7,12-15H,8-11H2,1H3. The van der Waals surface area contributed by atoms with Crippen LogP contribution in [0.15, 0.2) is 61.2 Å². The molecule has 1 aliphatic rings. The zero-order valence-corrected chi connectivity index (χ0v) is 17.1. The van der Waals surface area contributed by atoms with Crippen LogP contribution in [0.2, 0.25) is 0 Å². The first kappa shape index (κ1) is 19.2. The van der Waals surface area contributed by atoms with Crippen molar-refractivity contribution in [2.75, 3.05) is 31.1 Å². The number of benzene rings is 1. The van der Waals surface area contributed by atoms with Gasteiger partial charge in [0.05, 0.1) is 29.3 Å². The highest BCUT2D eigenvalue weighted by Gasteiger charge is 2.25. The maximum atomic E-state index is 13.3. The second kappa shape index (κ2) is 7.79. The molecule has 8 heteroatoms. The van der Waals surface area contributed by atoms with E-state index in [1.807, 2.05) is 34.8 Å². The molecule has 1 aliphatic heterocycles. The van der Waals surface area contributed by atoms with Gasteiger partial charge in [-0.05, 0) is 42.3 Å². The first-order valence-corrected chi connectivity index (χ1v) is 10.1. The molecule has 0 N–H and O–H groups in total. The third kappa shape index (κ3) is 3.72. The van der Waals surface area contributed by atoms with E-state index in [1.54, 1.807) is 18.3 Å². The zero-order chi connectivity index (χ0) is 21.4. The van der Waals surface area contributed by atoms with E-state index in [0.717, 1.165) is 28.0 Å². The summed E-state index contributed by atoms with van der Waals surface area (Å²) in [7, 11) is 0. The number of fused-ring (bicyclic) bond motifs is 1. The molecule has 0 bridgehead atoms. The number of piperazine rings is 1. The van der Waals surface area contributed by atoms with Crippen molar-refractivity contribution in [3.8, 4) is 11.1 Å². The van der Waals surface area contributed by atoms with Crippen LogP contribution in [-0.2, 0) is 0 Å². The van der Waals surface area contributed by atoms with Crippen LogP contribution in [0.5, 0.6) is 0 Å². The molecule has 3 aromatic heterocycles. The minimum absolute atomic E-state index is 0.0920. The molecule has 0 radical (unpaired) electrons. The Bertz CT molecular complexity index is 1230. The molecule has 0 atom stereocenters. The second-order valence-electron chi connectivity index (χ2n) is 7.60. The minimum atomic E-state index is -0.251. The number of aromatic nitrogens is 4. The van der Waals surface area contributed by atoms with E-state index in [2.05, 4.69) is 26.0 Å². The molecule has 1 aromatic carbocycles. The van der Waals surface area contributed by atoms with Gasteiger partial charge in [-0.15, -0.1) is 0 Å². The van der Waals surface area contributed by atoms with Crippen LogP contribution < -0.4 is 4.90 Å². The molecule has 0 unspecified atom stereocenters. The fourth-order valence-corrected chi connectivity index (χ4v) is 3.85. The summed E-state index contributed by atoms with van der Waals surface area (Å²) in [5.74, 6) is -0.343. The molecule has 4 aromatic rings. The fraction of sp³-hybridized carbons (Fsp3) is 0.217. The zero-order valence-electron chi connectivity index (χ0n) is 17.1. The van der Waals surface area contributed by atoms with Crippen LogP contribution in [0.4, 0.5) is 10.1 Å². The maximum Gasteiger partial charge on any atom is 0.274 e. The van der Waals surface area contributed by atoms with Gasteiger partial charge in [0.15, 0.2) is 0 Å². The molecule has 0 aliphatic carbocycles. The van der Waals surface area contributed by atoms with Gasteiger partial charge in [-0.2, -0.15) is 5.10 Å². The summed E-state index contributed by atoms with van der Waals surface area (Å²) in [6.07, 6.45) is 6.91. The SMILES string of the molecule is Cc1cnc(C(=O)N2CCN(c3cnn4ccc(-c5ccc(F)cc5)cc34)CC2)cn1. The molecule has 31 heavy (non-hydrogen) atoms. The highest BCUT2D eigenvalue weighted by Crippen LogP contribution is 2.28. The van der Waals surface area contributed by atoms with Gasteiger partial charge in [-0.3, -0.25) is 9.78 Å². The molecule has 0 saturated carbocycles. The molecule has 0 spiro atoms. The van der Waals surface area contributed by atoms with Crippen molar-refractivity contribution < 1.29 is 9.18 Å². The summed E-state index contributed by atoms with van der Waals surface area (Å²) in [6.45, 7) is 4.45. The second-order valence-corrected chi connectivity index (χ2v) is 7.60. The van der Waals surface area contributed by atoms with Crippen LogP contribution in [0.3, 0.4) is 0 Å². The monoisotopic (exact) mass is 416 g/mol. The van der Waals surface area contributed by atoms with Gasteiger partial charge in [-0.1, -0.05) is 12.1 Å². The molecular formula is C23H21FN6O. The Morgan fingerprint density at radius 2 is 1.71 bits per heavy atom. The number of hydrogen-bond donors (Lipinski definition) is 0. The number of amides is 1. The fourth-order valence-electron chi connectivity index (χ4n) is 3.85. The summed E-state index contributed by atoms with van der Waals surface area (Å²) in [5.41, 5.74) is 5.11. The number of anilines is 1. The van der Waals surface area contributed by atoms with Crippen molar-refractivity contribution in [2.24, 2.45) is 0 Å². The van der Waals surface area contributed by atoms with E-state index >= 15 is 0 Å². The Hall–Kier alpha value is -3.81. The topological polar surface area (TPSA) is 66.6 Å².